The second kappa shape index (κ2) is 8.19. The molecule has 168 valence electrons. The predicted octanol–water partition coefficient (Wildman–Crippen LogP) is 1.19. The second-order valence-corrected chi connectivity index (χ2v) is 9.89. The predicted molar refractivity (Wildman–Crippen MR) is 113 cm³/mol. The number of carbonyl (C=O) groups is 1. The van der Waals surface area contributed by atoms with E-state index in [-0.39, 0.29) is 50.0 Å². The number of hydrogen-bond acceptors (Lipinski definition) is 6. The highest BCUT2D eigenvalue weighted by Crippen LogP contribution is 2.26. The van der Waals surface area contributed by atoms with Crippen LogP contribution in [0.1, 0.15) is 24.2 Å². The minimum atomic E-state index is -3.64. The standard InChI is InChI=1S/C19H25N5O6S/c1-13-11-23(12-14(2)30-13)31(28,29)22-7-5-21(6-8-22)19(25)17-10-20-18-4-3-15(24(26)27)9-16(17)18/h3-4,9-10,13-14,20H,5-8,11-12H2,1-2H3. The Morgan fingerprint density at radius 1 is 1.13 bits per heavy atom. The molecule has 1 aromatic heterocycles. The van der Waals surface area contributed by atoms with Crippen molar-refractivity contribution in [1.82, 2.24) is 18.5 Å². The van der Waals surface area contributed by atoms with Crippen molar-refractivity contribution in [2.75, 3.05) is 39.3 Å². The van der Waals surface area contributed by atoms with Gasteiger partial charge >= 0.3 is 0 Å². The van der Waals surface area contributed by atoms with Crippen LogP contribution in [-0.4, -0.2) is 89.2 Å². The molecule has 31 heavy (non-hydrogen) atoms. The zero-order valence-electron chi connectivity index (χ0n) is 17.4. The Morgan fingerprint density at radius 2 is 1.77 bits per heavy atom. The Labute approximate surface area is 179 Å². The Balaban J connectivity index is 1.46. The van der Waals surface area contributed by atoms with E-state index in [2.05, 4.69) is 4.98 Å². The molecular formula is C19H25N5O6S. The first-order valence-electron chi connectivity index (χ1n) is 10.1. The van der Waals surface area contributed by atoms with Crippen LogP contribution in [0.4, 0.5) is 5.69 Å². The highest BCUT2D eigenvalue weighted by Gasteiger charge is 2.37. The van der Waals surface area contributed by atoms with Crippen LogP contribution in [0, 0.1) is 10.1 Å². The summed E-state index contributed by atoms with van der Waals surface area (Å²) in [7, 11) is -3.64. The Morgan fingerprint density at radius 3 is 2.39 bits per heavy atom. The van der Waals surface area contributed by atoms with Crippen molar-refractivity contribution in [3.63, 3.8) is 0 Å². The largest absolute Gasteiger partial charge is 0.373 e. The van der Waals surface area contributed by atoms with Gasteiger partial charge in [0.25, 0.3) is 21.8 Å². The minimum Gasteiger partial charge on any atom is -0.373 e. The van der Waals surface area contributed by atoms with Crippen LogP contribution in [0.5, 0.6) is 0 Å². The van der Waals surface area contributed by atoms with Crippen molar-refractivity contribution in [2.45, 2.75) is 26.1 Å². The number of fused-ring (bicyclic) bond motifs is 1. The molecule has 2 aromatic rings. The lowest BCUT2D eigenvalue weighted by atomic mass is 10.1. The topological polar surface area (TPSA) is 129 Å². The molecule has 1 aromatic carbocycles. The van der Waals surface area contributed by atoms with E-state index in [4.69, 9.17) is 4.74 Å². The van der Waals surface area contributed by atoms with E-state index in [1.807, 2.05) is 13.8 Å². The zero-order chi connectivity index (χ0) is 22.3. The fraction of sp³-hybridized carbons (Fsp3) is 0.526. The van der Waals surface area contributed by atoms with Gasteiger partial charge in [-0.05, 0) is 19.9 Å². The van der Waals surface area contributed by atoms with Gasteiger partial charge in [0, 0.05) is 68.5 Å². The normalized spacial score (nSPS) is 23.9. The average molecular weight is 452 g/mol. The molecule has 4 rings (SSSR count). The Hall–Kier alpha value is -2.54. The van der Waals surface area contributed by atoms with Crippen LogP contribution in [-0.2, 0) is 14.9 Å². The number of aromatic amines is 1. The SMILES string of the molecule is CC1CN(S(=O)(=O)N2CCN(C(=O)c3c[nH]c4ccc([N+](=O)[O-])cc34)CC2)CC(C)O1. The number of benzene rings is 1. The number of non-ortho nitro benzene ring substituents is 1. The average Bonchev–Trinajstić information content (AvgIpc) is 3.15. The summed E-state index contributed by atoms with van der Waals surface area (Å²) < 4.78 is 34.5. The maximum Gasteiger partial charge on any atom is 0.282 e. The number of aromatic nitrogens is 1. The van der Waals surface area contributed by atoms with Gasteiger partial charge in [0.05, 0.1) is 22.7 Å². The van der Waals surface area contributed by atoms with E-state index in [1.165, 1.54) is 26.9 Å². The number of H-pyrrole nitrogens is 1. The first-order chi connectivity index (χ1) is 14.7. The van der Waals surface area contributed by atoms with Crippen LogP contribution in [0.3, 0.4) is 0 Å². The lowest BCUT2D eigenvalue weighted by molar-refractivity contribution is -0.384. The molecule has 2 aliphatic rings. The maximum absolute atomic E-state index is 13.0. The first-order valence-corrected chi connectivity index (χ1v) is 11.5. The smallest absolute Gasteiger partial charge is 0.282 e. The van der Waals surface area contributed by atoms with E-state index >= 15 is 0 Å². The van der Waals surface area contributed by atoms with Crippen LogP contribution in [0.25, 0.3) is 10.9 Å². The van der Waals surface area contributed by atoms with Crippen molar-refractivity contribution in [1.29, 1.82) is 0 Å². The van der Waals surface area contributed by atoms with Crippen LogP contribution in [0.2, 0.25) is 0 Å². The molecule has 1 amide bonds. The lowest BCUT2D eigenvalue weighted by Gasteiger charge is -2.40. The van der Waals surface area contributed by atoms with Gasteiger partial charge in [-0.15, -0.1) is 0 Å². The lowest BCUT2D eigenvalue weighted by Crippen LogP contribution is -2.57. The molecular weight excluding hydrogens is 426 g/mol. The van der Waals surface area contributed by atoms with Crippen molar-refractivity contribution < 1.29 is 22.9 Å². The number of hydrogen-bond donors (Lipinski definition) is 1. The molecule has 2 fully saturated rings. The van der Waals surface area contributed by atoms with Gasteiger partial charge in [-0.1, -0.05) is 0 Å². The summed E-state index contributed by atoms with van der Waals surface area (Å²) in [5, 5.41) is 11.6. The summed E-state index contributed by atoms with van der Waals surface area (Å²) in [6, 6.07) is 4.32. The molecule has 3 heterocycles. The number of piperazine rings is 1. The van der Waals surface area contributed by atoms with Crippen LogP contribution < -0.4 is 0 Å². The molecule has 2 aliphatic heterocycles. The maximum atomic E-state index is 13.0. The molecule has 12 heteroatoms. The summed E-state index contributed by atoms with van der Waals surface area (Å²) in [6.07, 6.45) is 1.19. The number of carbonyl (C=O) groups excluding carboxylic acids is 1. The van der Waals surface area contributed by atoms with Crippen molar-refractivity contribution in [2.24, 2.45) is 0 Å². The van der Waals surface area contributed by atoms with Gasteiger partial charge in [0.1, 0.15) is 0 Å². The molecule has 0 saturated carbocycles. The van der Waals surface area contributed by atoms with Gasteiger partial charge in [0.15, 0.2) is 0 Å². The Kier molecular flexibility index (Phi) is 5.73. The second-order valence-electron chi connectivity index (χ2n) is 7.96. The third kappa shape index (κ3) is 4.15. The van der Waals surface area contributed by atoms with E-state index in [1.54, 1.807) is 11.0 Å². The van der Waals surface area contributed by atoms with Gasteiger partial charge in [-0.25, -0.2) is 0 Å². The quantitative estimate of drug-likeness (QED) is 0.549. The molecule has 1 N–H and O–H groups in total. The molecule has 0 radical (unpaired) electrons. The van der Waals surface area contributed by atoms with Gasteiger partial charge < -0.3 is 14.6 Å². The van der Waals surface area contributed by atoms with E-state index < -0.39 is 15.1 Å². The number of nitro groups is 1. The van der Waals surface area contributed by atoms with Crippen molar-refractivity contribution in [3.05, 3.63) is 40.1 Å². The zero-order valence-corrected chi connectivity index (χ0v) is 18.2. The number of nitro benzene ring substituents is 1. The first kappa shape index (κ1) is 21.7. The molecule has 0 bridgehead atoms. The minimum absolute atomic E-state index is 0.0916. The number of ether oxygens (including phenoxy) is 1. The monoisotopic (exact) mass is 451 g/mol. The fourth-order valence-corrected chi connectivity index (χ4v) is 5.92. The fourth-order valence-electron chi connectivity index (χ4n) is 4.17. The number of nitrogens with one attached hydrogen (secondary N) is 1. The molecule has 11 nitrogen and oxygen atoms in total. The summed E-state index contributed by atoms with van der Waals surface area (Å²) in [5.74, 6) is -0.280. The van der Waals surface area contributed by atoms with Crippen LogP contribution >= 0.6 is 0 Å². The number of nitrogens with zero attached hydrogens (tertiary/aromatic N) is 4. The van der Waals surface area contributed by atoms with Crippen molar-refractivity contribution >= 4 is 32.7 Å². The van der Waals surface area contributed by atoms with E-state index in [9.17, 15) is 23.3 Å². The highest BCUT2D eigenvalue weighted by molar-refractivity contribution is 7.86. The number of morpholine rings is 1. The Bertz CT molecular complexity index is 1100. The third-order valence-electron chi connectivity index (χ3n) is 5.67. The number of rotatable bonds is 4. The molecule has 2 saturated heterocycles. The van der Waals surface area contributed by atoms with Crippen LogP contribution in [0.15, 0.2) is 24.4 Å². The molecule has 2 unspecified atom stereocenters. The summed E-state index contributed by atoms with van der Waals surface area (Å²) in [5.41, 5.74) is 0.877. The van der Waals surface area contributed by atoms with E-state index in [0.29, 0.717) is 29.6 Å². The highest BCUT2D eigenvalue weighted by atomic mass is 32.2. The molecule has 2 atom stereocenters. The molecule has 0 aliphatic carbocycles. The van der Waals surface area contributed by atoms with E-state index in [0.717, 1.165) is 0 Å². The summed E-state index contributed by atoms with van der Waals surface area (Å²) in [4.78, 5) is 28.2. The van der Waals surface area contributed by atoms with Gasteiger partial charge in [-0.2, -0.15) is 17.0 Å². The van der Waals surface area contributed by atoms with Gasteiger partial charge in [-0.3, -0.25) is 14.9 Å². The molecule has 0 spiro atoms. The van der Waals surface area contributed by atoms with Gasteiger partial charge in [0.2, 0.25) is 0 Å². The third-order valence-corrected chi connectivity index (χ3v) is 7.64. The van der Waals surface area contributed by atoms with Crippen molar-refractivity contribution in [3.8, 4) is 0 Å². The summed E-state index contributed by atoms with van der Waals surface area (Å²) >= 11 is 0. The summed E-state index contributed by atoms with van der Waals surface area (Å²) in [6.45, 7) is 5.18. The number of amides is 1.